The maximum Gasteiger partial charge on any atom is 0.330 e. The molecule has 0 aromatic carbocycles. The maximum atomic E-state index is 12.1. The van der Waals surface area contributed by atoms with Gasteiger partial charge in [-0.2, -0.15) is 0 Å². The van der Waals surface area contributed by atoms with Crippen molar-refractivity contribution in [1.29, 1.82) is 0 Å². The summed E-state index contributed by atoms with van der Waals surface area (Å²) in [5.41, 5.74) is -2.48. The number of aromatic amines is 1. The Morgan fingerprint density at radius 2 is 2.14 bits per heavy atom. The Labute approximate surface area is 165 Å². The predicted octanol–water partition coefficient (Wildman–Crippen LogP) is 1.18. The van der Waals surface area contributed by atoms with E-state index in [2.05, 4.69) is 45.6 Å². The van der Waals surface area contributed by atoms with E-state index in [1.807, 2.05) is 0 Å². The second-order valence-electron chi connectivity index (χ2n) is 8.93. The third-order valence-electron chi connectivity index (χ3n) is 5.81. The van der Waals surface area contributed by atoms with Crippen molar-refractivity contribution in [3.63, 3.8) is 0 Å². The normalized spacial score (nSPS) is 25.8. The molecule has 1 aliphatic rings. The SMILES string of the molecule is C=[N+]([O-])CCC1(O)C[C@@H](n2ccc(=O)[nH]c2=O)O[C@H]1CO[Si](C)(C)C(C)(C)C. The zero-order valence-corrected chi connectivity index (χ0v) is 18.2. The van der Waals surface area contributed by atoms with Gasteiger partial charge in [0.05, 0.1) is 6.61 Å². The Bertz CT molecular complexity index is 828. The molecule has 1 unspecified atom stereocenters. The Kier molecular flexibility index (Phi) is 6.39. The molecule has 0 aliphatic carbocycles. The third-order valence-corrected chi connectivity index (χ3v) is 10.3. The standard InChI is InChI=1S/C18H31N3O6Si/c1-17(2,3)28(5,6)26-12-13-18(24,8-10-20(4)25)11-15(27-13)21-9-7-14(22)19-16(21)23/h7,9,13,15,24H,4,8,10-12H2,1-3,5-6H3,(H,19,22,23)/t13-,15-,18?/m0/s1. The quantitative estimate of drug-likeness (QED) is 0.228. The highest BCUT2D eigenvalue weighted by Gasteiger charge is 2.50. The van der Waals surface area contributed by atoms with Gasteiger partial charge in [-0.1, -0.05) is 20.8 Å². The van der Waals surface area contributed by atoms with Crippen LogP contribution in [0, 0.1) is 5.21 Å². The molecule has 28 heavy (non-hydrogen) atoms. The molecule has 2 N–H and O–H groups in total. The van der Waals surface area contributed by atoms with Gasteiger partial charge in [0.1, 0.15) is 24.7 Å². The second kappa shape index (κ2) is 7.94. The minimum absolute atomic E-state index is 0.0157. The van der Waals surface area contributed by atoms with Crippen LogP contribution in [-0.2, 0) is 9.16 Å². The molecule has 0 saturated carbocycles. The van der Waals surface area contributed by atoms with Crippen LogP contribution in [0.1, 0.15) is 39.8 Å². The summed E-state index contributed by atoms with van der Waals surface area (Å²) in [7, 11) is -2.09. The number of nitrogens with zero attached hydrogens (tertiary/aromatic N) is 2. The Balaban J connectivity index is 2.25. The molecule has 0 spiro atoms. The van der Waals surface area contributed by atoms with E-state index >= 15 is 0 Å². The van der Waals surface area contributed by atoms with Crippen LogP contribution in [0.4, 0.5) is 0 Å². The number of hydroxylamine groups is 1. The summed E-state index contributed by atoms with van der Waals surface area (Å²) in [5.74, 6) is 0. The van der Waals surface area contributed by atoms with Crippen molar-refractivity contribution < 1.29 is 19.0 Å². The predicted molar refractivity (Wildman–Crippen MR) is 108 cm³/mol. The molecule has 1 aromatic rings. The van der Waals surface area contributed by atoms with Crippen LogP contribution < -0.4 is 11.2 Å². The third kappa shape index (κ3) is 4.99. The lowest BCUT2D eigenvalue weighted by Gasteiger charge is -2.38. The molecule has 0 amide bonds. The summed E-state index contributed by atoms with van der Waals surface area (Å²) in [6, 6.07) is 1.22. The van der Waals surface area contributed by atoms with Crippen molar-refractivity contribution in [2.45, 2.75) is 69.7 Å². The smallest absolute Gasteiger partial charge is 0.330 e. The lowest BCUT2D eigenvalue weighted by Crippen LogP contribution is -2.48. The first-order valence-electron chi connectivity index (χ1n) is 9.34. The first kappa shape index (κ1) is 22.5. The molecule has 0 radical (unpaired) electrons. The zero-order chi connectivity index (χ0) is 21.3. The Morgan fingerprint density at radius 1 is 1.50 bits per heavy atom. The van der Waals surface area contributed by atoms with Crippen LogP contribution in [0.5, 0.6) is 0 Å². The van der Waals surface area contributed by atoms with Crippen molar-refractivity contribution in [3.05, 3.63) is 38.3 Å². The molecule has 2 rings (SSSR count). The van der Waals surface area contributed by atoms with Crippen molar-refractivity contribution in [2.75, 3.05) is 13.2 Å². The summed E-state index contributed by atoms with van der Waals surface area (Å²) in [6.45, 7) is 14.0. The van der Waals surface area contributed by atoms with Gasteiger partial charge in [0.25, 0.3) is 5.56 Å². The minimum atomic E-state index is -2.09. The highest BCUT2D eigenvalue weighted by Crippen LogP contribution is 2.41. The molecule has 1 saturated heterocycles. The van der Waals surface area contributed by atoms with Gasteiger partial charge in [0, 0.05) is 25.1 Å². The first-order chi connectivity index (χ1) is 12.7. The molecule has 1 fully saturated rings. The van der Waals surface area contributed by atoms with Gasteiger partial charge in [0.15, 0.2) is 14.9 Å². The number of nitrogens with one attached hydrogen (secondary N) is 1. The average molecular weight is 414 g/mol. The van der Waals surface area contributed by atoms with Gasteiger partial charge >= 0.3 is 5.69 Å². The molecule has 9 nitrogen and oxygen atoms in total. The van der Waals surface area contributed by atoms with E-state index in [1.54, 1.807) is 0 Å². The van der Waals surface area contributed by atoms with Crippen LogP contribution in [0.3, 0.4) is 0 Å². The lowest BCUT2D eigenvalue weighted by atomic mass is 9.91. The van der Waals surface area contributed by atoms with Crippen LogP contribution >= 0.6 is 0 Å². The van der Waals surface area contributed by atoms with E-state index in [-0.39, 0.29) is 31.0 Å². The van der Waals surface area contributed by atoms with Crippen LogP contribution in [0.15, 0.2) is 21.9 Å². The number of aliphatic hydroxyl groups is 1. The van der Waals surface area contributed by atoms with Gasteiger partial charge in [-0.25, -0.2) is 9.53 Å². The van der Waals surface area contributed by atoms with Crippen molar-refractivity contribution in [3.8, 4) is 0 Å². The fourth-order valence-corrected chi connectivity index (χ4v) is 3.89. The first-order valence-corrected chi connectivity index (χ1v) is 12.2. The Hall–Kier alpha value is -1.75. The number of hydrogen-bond acceptors (Lipinski definition) is 6. The van der Waals surface area contributed by atoms with E-state index in [1.165, 1.54) is 16.8 Å². The van der Waals surface area contributed by atoms with Gasteiger partial charge < -0.3 is 19.5 Å². The fourth-order valence-electron chi connectivity index (χ4n) is 2.89. The summed E-state index contributed by atoms with van der Waals surface area (Å²) >= 11 is 0. The maximum absolute atomic E-state index is 12.1. The molecule has 158 valence electrons. The summed E-state index contributed by atoms with van der Waals surface area (Å²) in [6.07, 6.45) is 0.0703. The summed E-state index contributed by atoms with van der Waals surface area (Å²) in [4.78, 5) is 25.6. The number of aromatic nitrogens is 2. The second-order valence-corrected chi connectivity index (χ2v) is 13.7. The van der Waals surface area contributed by atoms with Crippen LogP contribution in [0.25, 0.3) is 0 Å². The fraction of sp³-hybridized carbons (Fsp3) is 0.722. The average Bonchev–Trinajstić information content (AvgIpc) is 2.87. The topological polar surface area (TPSA) is 120 Å². The summed E-state index contributed by atoms with van der Waals surface area (Å²) < 4.78 is 13.9. The van der Waals surface area contributed by atoms with Gasteiger partial charge in [-0.05, 0) is 18.1 Å². The molecule has 3 atom stereocenters. The van der Waals surface area contributed by atoms with E-state index < -0.39 is 37.5 Å². The number of rotatable bonds is 7. The highest BCUT2D eigenvalue weighted by molar-refractivity contribution is 6.74. The van der Waals surface area contributed by atoms with Crippen molar-refractivity contribution in [1.82, 2.24) is 9.55 Å². The zero-order valence-electron chi connectivity index (χ0n) is 17.2. The number of H-pyrrole nitrogens is 1. The minimum Gasteiger partial charge on any atom is -0.624 e. The van der Waals surface area contributed by atoms with Crippen LogP contribution in [0.2, 0.25) is 18.1 Å². The van der Waals surface area contributed by atoms with Crippen molar-refractivity contribution in [2.24, 2.45) is 0 Å². The van der Waals surface area contributed by atoms with Crippen molar-refractivity contribution >= 4 is 15.0 Å². The number of hydrogen-bond donors (Lipinski definition) is 2. The van der Waals surface area contributed by atoms with E-state index in [0.29, 0.717) is 4.74 Å². The highest BCUT2D eigenvalue weighted by atomic mass is 28.4. The van der Waals surface area contributed by atoms with E-state index in [9.17, 15) is 19.9 Å². The monoisotopic (exact) mass is 413 g/mol. The molecule has 2 heterocycles. The Morgan fingerprint density at radius 3 is 2.68 bits per heavy atom. The summed E-state index contributed by atoms with van der Waals surface area (Å²) in [5, 5.41) is 22.5. The van der Waals surface area contributed by atoms with Gasteiger partial charge in [-0.15, -0.1) is 0 Å². The molecule has 1 aromatic heterocycles. The van der Waals surface area contributed by atoms with Crippen LogP contribution in [-0.4, -0.2) is 59.3 Å². The van der Waals surface area contributed by atoms with Gasteiger partial charge in [-0.3, -0.25) is 14.3 Å². The van der Waals surface area contributed by atoms with Gasteiger partial charge in [0.2, 0.25) is 0 Å². The molecule has 10 heteroatoms. The molecular formula is C18H31N3O6Si. The lowest BCUT2D eigenvalue weighted by molar-refractivity contribution is -0.453. The molecular weight excluding hydrogens is 382 g/mol. The largest absolute Gasteiger partial charge is 0.624 e. The molecule has 0 bridgehead atoms. The molecule has 1 aliphatic heterocycles. The van der Waals surface area contributed by atoms with E-state index in [4.69, 9.17) is 9.16 Å². The van der Waals surface area contributed by atoms with E-state index in [0.717, 1.165) is 0 Å². The number of ether oxygens (including phenoxy) is 1.